The van der Waals surface area contributed by atoms with Crippen molar-refractivity contribution in [2.45, 2.75) is 77.4 Å². The van der Waals surface area contributed by atoms with Crippen molar-refractivity contribution in [3.63, 3.8) is 0 Å². The predicted octanol–water partition coefficient (Wildman–Crippen LogP) is 4.52. The summed E-state index contributed by atoms with van der Waals surface area (Å²) >= 11 is 0. The van der Waals surface area contributed by atoms with Crippen molar-refractivity contribution in [3.8, 4) is 11.5 Å². The summed E-state index contributed by atoms with van der Waals surface area (Å²) in [4.78, 5) is 28.2. The van der Waals surface area contributed by atoms with Crippen LogP contribution in [0.2, 0.25) is 0 Å². The minimum Gasteiger partial charge on any atom is -0.454 e. The first-order valence-corrected chi connectivity index (χ1v) is 12.0. The molecule has 2 aromatic rings. The second-order valence-electron chi connectivity index (χ2n) is 9.22. The highest BCUT2D eigenvalue weighted by Gasteiger charge is 2.28. The molecule has 1 aliphatic heterocycles. The number of hydrogen-bond donors (Lipinski definition) is 1. The van der Waals surface area contributed by atoms with Crippen LogP contribution >= 0.6 is 0 Å². The Balaban J connectivity index is 1.44. The highest BCUT2D eigenvalue weighted by atomic mass is 16.7. The number of nitrogens with zero attached hydrogens (tertiary/aromatic N) is 1. The van der Waals surface area contributed by atoms with Crippen molar-refractivity contribution in [3.05, 3.63) is 59.2 Å². The molecule has 33 heavy (non-hydrogen) atoms. The first-order chi connectivity index (χ1) is 16.0. The van der Waals surface area contributed by atoms with E-state index in [2.05, 4.69) is 11.4 Å². The van der Waals surface area contributed by atoms with Crippen LogP contribution in [0.25, 0.3) is 0 Å². The zero-order valence-corrected chi connectivity index (χ0v) is 19.6. The molecule has 4 rings (SSSR count). The average Bonchev–Trinajstić information content (AvgIpc) is 3.29. The Hall–Kier alpha value is -3.02. The van der Waals surface area contributed by atoms with Crippen LogP contribution in [0.4, 0.5) is 0 Å². The van der Waals surface area contributed by atoms with Gasteiger partial charge in [-0.05, 0) is 56.4 Å². The molecule has 2 aromatic carbocycles. The van der Waals surface area contributed by atoms with E-state index < -0.39 is 6.04 Å². The van der Waals surface area contributed by atoms with Gasteiger partial charge < -0.3 is 19.7 Å². The lowest BCUT2D eigenvalue weighted by Crippen LogP contribution is -2.50. The van der Waals surface area contributed by atoms with Crippen molar-refractivity contribution in [1.82, 2.24) is 10.2 Å². The van der Waals surface area contributed by atoms with E-state index in [0.717, 1.165) is 53.9 Å². The number of rotatable bonds is 8. The summed E-state index contributed by atoms with van der Waals surface area (Å²) in [6.07, 6.45) is 6.49. The molecule has 1 N–H and O–H groups in total. The van der Waals surface area contributed by atoms with E-state index in [0.29, 0.717) is 19.4 Å². The van der Waals surface area contributed by atoms with Gasteiger partial charge in [-0.2, -0.15) is 0 Å². The van der Waals surface area contributed by atoms with E-state index in [-0.39, 0.29) is 24.6 Å². The van der Waals surface area contributed by atoms with Gasteiger partial charge in [0.15, 0.2) is 11.5 Å². The second-order valence-corrected chi connectivity index (χ2v) is 9.22. The van der Waals surface area contributed by atoms with Crippen molar-refractivity contribution in [1.29, 1.82) is 0 Å². The van der Waals surface area contributed by atoms with Gasteiger partial charge >= 0.3 is 0 Å². The van der Waals surface area contributed by atoms with Crippen LogP contribution in [0, 0.1) is 6.92 Å². The molecule has 0 aromatic heterocycles. The Labute approximate surface area is 196 Å². The smallest absolute Gasteiger partial charge is 0.242 e. The van der Waals surface area contributed by atoms with E-state index in [4.69, 9.17) is 9.47 Å². The molecule has 1 aliphatic carbocycles. The van der Waals surface area contributed by atoms with E-state index in [9.17, 15) is 9.59 Å². The quantitative estimate of drug-likeness (QED) is 0.642. The SMILES string of the molecule is Cc1cccc(CN(C(=O)CCc2ccc3c(c2)OCO3)C(C)C(=O)NC2CCCCC2)c1. The van der Waals surface area contributed by atoms with Gasteiger partial charge in [0.05, 0.1) is 0 Å². The third-order valence-electron chi connectivity index (χ3n) is 6.62. The molecule has 1 unspecified atom stereocenters. The van der Waals surface area contributed by atoms with Crippen molar-refractivity contribution < 1.29 is 19.1 Å². The van der Waals surface area contributed by atoms with Crippen LogP contribution in [0.5, 0.6) is 11.5 Å². The van der Waals surface area contributed by atoms with Crippen molar-refractivity contribution in [2.75, 3.05) is 6.79 Å². The molecule has 0 radical (unpaired) electrons. The fourth-order valence-corrected chi connectivity index (χ4v) is 4.65. The molecule has 0 bridgehead atoms. The summed E-state index contributed by atoms with van der Waals surface area (Å²) in [5, 5.41) is 3.19. The van der Waals surface area contributed by atoms with E-state index in [1.807, 2.05) is 50.2 Å². The summed E-state index contributed by atoms with van der Waals surface area (Å²) in [7, 11) is 0. The molecule has 0 saturated heterocycles. The van der Waals surface area contributed by atoms with Crippen LogP contribution in [0.3, 0.4) is 0 Å². The molecule has 1 atom stereocenters. The maximum Gasteiger partial charge on any atom is 0.242 e. The summed E-state index contributed by atoms with van der Waals surface area (Å²) < 4.78 is 10.8. The van der Waals surface area contributed by atoms with Gasteiger partial charge in [0.2, 0.25) is 18.6 Å². The van der Waals surface area contributed by atoms with E-state index >= 15 is 0 Å². The monoisotopic (exact) mass is 450 g/mol. The summed E-state index contributed by atoms with van der Waals surface area (Å²) in [6, 6.07) is 13.6. The number of carbonyl (C=O) groups excluding carboxylic acids is 2. The maximum absolute atomic E-state index is 13.4. The fraction of sp³-hybridized carbons (Fsp3) is 0.481. The third kappa shape index (κ3) is 6.06. The second kappa shape index (κ2) is 10.7. The first kappa shape index (κ1) is 23.1. The number of aryl methyl sites for hydroxylation is 2. The van der Waals surface area contributed by atoms with Crippen LogP contribution < -0.4 is 14.8 Å². The third-order valence-corrected chi connectivity index (χ3v) is 6.62. The molecular formula is C27H34N2O4. The fourth-order valence-electron chi connectivity index (χ4n) is 4.65. The molecule has 2 aliphatic rings. The molecule has 1 saturated carbocycles. The molecule has 2 amide bonds. The number of amides is 2. The highest BCUT2D eigenvalue weighted by molar-refractivity contribution is 5.87. The predicted molar refractivity (Wildman–Crippen MR) is 127 cm³/mol. The number of nitrogens with one attached hydrogen (secondary N) is 1. The summed E-state index contributed by atoms with van der Waals surface area (Å²) in [6.45, 7) is 4.53. The molecular weight excluding hydrogens is 416 g/mol. The van der Waals surface area contributed by atoms with Crippen LogP contribution in [-0.4, -0.2) is 35.6 Å². The Bertz CT molecular complexity index is 984. The van der Waals surface area contributed by atoms with Crippen molar-refractivity contribution in [2.24, 2.45) is 0 Å². The Morgan fingerprint density at radius 2 is 1.82 bits per heavy atom. The first-order valence-electron chi connectivity index (χ1n) is 12.0. The zero-order chi connectivity index (χ0) is 23.2. The minimum atomic E-state index is -0.531. The molecule has 176 valence electrons. The van der Waals surface area contributed by atoms with Gasteiger partial charge in [-0.25, -0.2) is 0 Å². The van der Waals surface area contributed by atoms with Crippen LogP contribution in [0.15, 0.2) is 42.5 Å². The summed E-state index contributed by atoms with van der Waals surface area (Å²) in [5.74, 6) is 1.36. The zero-order valence-electron chi connectivity index (χ0n) is 19.6. The van der Waals surface area contributed by atoms with E-state index in [1.165, 1.54) is 6.42 Å². The lowest BCUT2D eigenvalue weighted by atomic mass is 9.95. The molecule has 6 nitrogen and oxygen atoms in total. The van der Waals surface area contributed by atoms with E-state index in [1.54, 1.807) is 4.90 Å². The minimum absolute atomic E-state index is 0.0273. The van der Waals surface area contributed by atoms with Gasteiger partial charge in [-0.15, -0.1) is 0 Å². The van der Waals surface area contributed by atoms with Crippen LogP contribution in [0.1, 0.15) is 62.1 Å². The standard InChI is InChI=1S/C27H34N2O4/c1-19-7-6-8-22(15-19)17-29(20(2)27(31)28-23-9-4-3-5-10-23)26(30)14-12-21-11-13-24-25(16-21)33-18-32-24/h6-8,11,13,15-16,20,23H,3-5,9-10,12,14,17-18H2,1-2H3,(H,28,31). The number of carbonyl (C=O) groups is 2. The van der Waals surface area contributed by atoms with Gasteiger partial charge in [-0.1, -0.05) is 55.2 Å². The Kier molecular flexibility index (Phi) is 7.53. The van der Waals surface area contributed by atoms with Gasteiger partial charge in [0, 0.05) is 19.0 Å². The highest BCUT2D eigenvalue weighted by Crippen LogP contribution is 2.32. The van der Waals surface area contributed by atoms with Crippen LogP contribution in [-0.2, 0) is 22.6 Å². The topological polar surface area (TPSA) is 67.9 Å². The normalized spacial score (nSPS) is 16.3. The van der Waals surface area contributed by atoms with Gasteiger partial charge in [-0.3, -0.25) is 9.59 Å². The maximum atomic E-state index is 13.4. The molecule has 6 heteroatoms. The lowest BCUT2D eigenvalue weighted by molar-refractivity contribution is -0.141. The Morgan fingerprint density at radius 1 is 1.03 bits per heavy atom. The van der Waals surface area contributed by atoms with Gasteiger partial charge in [0.1, 0.15) is 6.04 Å². The summed E-state index contributed by atoms with van der Waals surface area (Å²) in [5.41, 5.74) is 3.19. The van der Waals surface area contributed by atoms with Gasteiger partial charge in [0.25, 0.3) is 0 Å². The number of fused-ring (bicyclic) bond motifs is 1. The Morgan fingerprint density at radius 3 is 2.61 bits per heavy atom. The largest absolute Gasteiger partial charge is 0.454 e. The number of benzene rings is 2. The molecule has 1 fully saturated rings. The number of ether oxygens (including phenoxy) is 2. The average molecular weight is 451 g/mol. The molecule has 1 heterocycles. The lowest BCUT2D eigenvalue weighted by Gasteiger charge is -2.31. The number of hydrogen-bond acceptors (Lipinski definition) is 4. The van der Waals surface area contributed by atoms with Crippen molar-refractivity contribution >= 4 is 11.8 Å². The molecule has 0 spiro atoms.